The third-order valence-electron chi connectivity index (χ3n) is 3.56. The van der Waals surface area contributed by atoms with Crippen LogP contribution in [0.3, 0.4) is 0 Å². The van der Waals surface area contributed by atoms with E-state index in [9.17, 15) is 14.9 Å². The number of nitro groups is 1. The van der Waals surface area contributed by atoms with Crippen LogP contribution in [0.2, 0.25) is 0 Å². The molecule has 1 aromatic rings. The van der Waals surface area contributed by atoms with E-state index in [4.69, 9.17) is 4.74 Å². The van der Waals surface area contributed by atoms with E-state index in [0.717, 1.165) is 19.4 Å². The second-order valence-corrected chi connectivity index (χ2v) is 5.00. The maximum absolute atomic E-state index is 12.2. The molecule has 2 N–H and O–H groups in total. The molecule has 1 unspecified atom stereocenters. The van der Waals surface area contributed by atoms with Crippen molar-refractivity contribution in [3.8, 4) is 5.75 Å². The molecular weight excluding hydrogens is 274 g/mol. The van der Waals surface area contributed by atoms with E-state index in [1.165, 1.54) is 31.7 Å². The Hall–Kier alpha value is -2.15. The second kappa shape index (κ2) is 7.03. The minimum absolute atomic E-state index is 0.0997. The van der Waals surface area contributed by atoms with Gasteiger partial charge < -0.3 is 15.4 Å². The van der Waals surface area contributed by atoms with Gasteiger partial charge in [-0.2, -0.15) is 0 Å². The summed E-state index contributed by atoms with van der Waals surface area (Å²) in [7, 11) is 1.39. The first-order valence-corrected chi connectivity index (χ1v) is 6.96. The van der Waals surface area contributed by atoms with Crippen LogP contribution in [0.4, 0.5) is 5.69 Å². The van der Waals surface area contributed by atoms with Gasteiger partial charge in [-0.05, 0) is 25.5 Å². The molecule has 0 aromatic heterocycles. The fourth-order valence-electron chi connectivity index (χ4n) is 2.39. The van der Waals surface area contributed by atoms with Crippen LogP contribution in [0.5, 0.6) is 5.75 Å². The lowest BCUT2D eigenvalue weighted by Crippen LogP contribution is -2.43. The smallest absolute Gasteiger partial charge is 0.273 e. The molecule has 21 heavy (non-hydrogen) atoms. The molecule has 2 rings (SSSR count). The van der Waals surface area contributed by atoms with Gasteiger partial charge in [0.05, 0.1) is 23.7 Å². The van der Waals surface area contributed by atoms with Gasteiger partial charge in [0.25, 0.3) is 11.6 Å². The molecule has 1 aromatic carbocycles. The number of piperidine rings is 1. The zero-order valence-electron chi connectivity index (χ0n) is 11.9. The summed E-state index contributed by atoms with van der Waals surface area (Å²) in [6.45, 7) is 1.51. The highest BCUT2D eigenvalue weighted by atomic mass is 16.6. The average Bonchev–Trinajstić information content (AvgIpc) is 2.52. The summed E-state index contributed by atoms with van der Waals surface area (Å²) < 4.78 is 5.07. The molecule has 0 aliphatic carbocycles. The quantitative estimate of drug-likeness (QED) is 0.633. The SMILES string of the molecule is COc1cc([N+](=O)[O-])ccc1C(=O)NCC1CCCCN1. The lowest BCUT2D eigenvalue weighted by molar-refractivity contribution is -0.384. The third-order valence-corrected chi connectivity index (χ3v) is 3.56. The molecule has 7 heteroatoms. The standard InChI is InChI=1S/C14H19N3O4/c1-21-13-8-11(17(19)20)5-6-12(13)14(18)16-9-10-4-2-3-7-15-10/h5-6,8,10,15H,2-4,7,9H2,1H3,(H,16,18). The van der Waals surface area contributed by atoms with Crippen LogP contribution >= 0.6 is 0 Å². The van der Waals surface area contributed by atoms with Gasteiger partial charge >= 0.3 is 0 Å². The highest BCUT2D eigenvalue weighted by Crippen LogP contribution is 2.24. The highest BCUT2D eigenvalue weighted by molar-refractivity contribution is 5.97. The number of amides is 1. The van der Waals surface area contributed by atoms with Crippen molar-refractivity contribution in [2.45, 2.75) is 25.3 Å². The van der Waals surface area contributed by atoms with Crippen LogP contribution in [0.15, 0.2) is 18.2 Å². The number of carbonyl (C=O) groups excluding carboxylic acids is 1. The summed E-state index contributed by atoms with van der Waals surface area (Å²) in [4.78, 5) is 22.4. The molecule has 1 fully saturated rings. The summed E-state index contributed by atoms with van der Waals surface area (Å²) in [5.74, 6) is -0.0765. The van der Waals surface area contributed by atoms with Crippen molar-refractivity contribution in [1.29, 1.82) is 0 Å². The maximum Gasteiger partial charge on any atom is 0.273 e. The first-order chi connectivity index (χ1) is 10.1. The van der Waals surface area contributed by atoms with Crippen molar-refractivity contribution in [2.75, 3.05) is 20.2 Å². The minimum atomic E-state index is -0.518. The van der Waals surface area contributed by atoms with Crippen molar-refractivity contribution in [3.63, 3.8) is 0 Å². The van der Waals surface area contributed by atoms with Gasteiger partial charge in [-0.15, -0.1) is 0 Å². The van der Waals surface area contributed by atoms with Crippen LogP contribution in [0.25, 0.3) is 0 Å². The van der Waals surface area contributed by atoms with Crippen molar-refractivity contribution in [1.82, 2.24) is 10.6 Å². The van der Waals surface area contributed by atoms with Crippen molar-refractivity contribution >= 4 is 11.6 Å². The molecule has 0 bridgehead atoms. The fraction of sp³-hybridized carbons (Fsp3) is 0.500. The first kappa shape index (κ1) is 15.2. The second-order valence-electron chi connectivity index (χ2n) is 5.00. The topological polar surface area (TPSA) is 93.5 Å². The Morgan fingerprint density at radius 3 is 2.95 bits per heavy atom. The molecule has 114 valence electrons. The summed E-state index contributed by atoms with van der Waals surface area (Å²) in [6.07, 6.45) is 3.37. The Bertz CT molecular complexity index is 527. The van der Waals surface area contributed by atoms with E-state index in [2.05, 4.69) is 10.6 Å². The van der Waals surface area contributed by atoms with Gasteiger partial charge in [0.15, 0.2) is 0 Å². The van der Waals surface area contributed by atoms with Crippen molar-refractivity contribution < 1.29 is 14.5 Å². The molecule has 1 aliphatic rings. The lowest BCUT2D eigenvalue weighted by Gasteiger charge is -2.23. The van der Waals surface area contributed by atoms with Gasteiger partial charge in [0, 0.05) is 18.7 Å². The van der Waals surface area contributed by atoms with E-state index >= 15 is 0 Å². The molecule has 0 spiro atoms. The van der Waals surface area contributed by atoms with E-state index in [0.29, 0.717) is 12.1 Å². The van der Waals surface area contributed by atoms with E-state index in [1.54, 1.807) is 0 Å². The molecule has 1 saturated heterocycles. The van der Waals surface area contributed by atoms with Crippen molar-refractivity contribution in [3.05, 3.63) is 33.9 Å². The van der Waals surface area contributed by atoms with E-state index in [1.807, 2.05) is 0 Å². The predicted octanol–water partition coefficient (Wildman–Crippen LogP) is 1.48. The summed E-state index contributed by atoms with van der Waals surface area (Å²) in [5.41, 5.74) is 0.205. The number of hydrogen-bond acceptors (Lipinski definition) is 5. The van der Waals surface area contributed by atoms with E-state index in [-0.39, 0.29) is 23.4 Å². The Labute approximate surface area is 122 Å². The number of benzene rings is 1. The van der Waals surface area contributed by atoms with Gasteiger partial charge in [-0.3, -0.25) is 14.9 Å². The largest absolute Gasteiger partial charge is 0.496 e. The minimum Gasteiger partial charge on any atom is -0.496 e. The fourth-order valence-corrected chi connectivity index (χ4v) is 2.39. The Kier molecular flexibility index (Phi) is 5.10. The normalized spacial score (nSPS) is 18.0. The Morgan fingerprint density at radius 2 is 2.33 bits per heavy atom. The maximum atomic E-state index is 12.2. The lowest BCUT2D eigenvalue weighted by atomic mass is 10.0. The van der Waals surface area contributed by atoms with Crippen LogP contribution in [-0.2, 0) is 0 Å². The number of nitrogens with zero attached hydrogens (tertiary/aromatic N) is 1. The molecule has 0 saturated carbocycles. The van der Waals surface area contributed by atoms with Crippen LogP contribution in [0.1, 0.15) is 29.6 Å². The molecule has 7 nitrogen and oxygen atoms in total. The number of hydrogen-bond donors (Lipinski definition) is 2. The zero-order valence-corrected chi connectivity index (χ0v) is 11.9. The van der Waals surface area contributed by atoms with Gasteiger partial charge in [0.2, 0.25) is 0 Å². The van der Waals surface area contributed by atoms with Gasteiger partial charge in [-0.25, -0.2) is 0 Å². The molecule has 1 amide bonds. The molecule has 0 radical (unpaired) electrons. The zero-order chi connectivity index (χ0) is 15.2. The Morgan fingerprint density at radius 1 is 1.52 bits per heavy atom. The summed E-state index contributed by atoms with van der Waals surface area (Å²) >= 11 is 0. The number of ether oxygens (including phenoxy) is 1. The molecule has 1 aliphatic heterocycles. The number of rotatable bonds is 5. The highest BCUT2D eigenvalue weighted by Gasteiger charge is 2.18. The summed E-state index contributed by atoms with van der Waals surface area (Å²) in [5, 5.41) is 16.9. The third kappa shape index (κ3) is 3.91. The number of nitro benzene ring substituents is 1. The number of methoxy groups -OCH3 is 1. The van der Waals surface area contributed by atoms with Gasteiger partial charge in [0.1, 0.15) is 5.75 Å². The van der Waals surface area contributed by atoms with E-state index < -0.39 is 4.92 Å². The summed E-state index contributed by atoms with van der Waals surface area (Å²) in [6, 6.07) is 4.26. The van der Waals surface area contributed by atoms with Crippen LogP contribution in [-0.4, -0.2) is 37.1 Å². The average molecular weight is 293 g/mol. The number of carbonyl (C=O) groups is 1. The predicted molar refractivity (Wildman–Crippen MR) is 77.6 cm³/mol. The molecule has 1 atom stereocenters. The van der Waals surface area contributed by atoms with Gasteiger partial charge in [-0.1, -0.05) is 6.42 Å². The number of non-ortho nitro benzene ring substituents is 1. The Balaban J connectivity index is 2.02. The monoisotopic (exact) mass is 293 g/mol. The van der Waals surface area contributed by atoms with Crippen molar-refractivity contribution in [2.24, 2.45) is 0 Å². The number of nitrogens with one attached hydrogen (secondary N) is 2. The first-order valence-electron chi connectivity index (χ1n) is 6.96. The van der Waals surface area contributed by atoms with Crippen LogP contribution < -0.4 is 15.4 Å². The molecular formula is C14H19N3O4. The van der Waals surface area contributed by atoms with Crippen LogP contribution in [0, 0.1) is 10.1 Å². The molecule has 1 heterocycles.